The lowest BCUT2D eigenvalue weighted by Crippen LogP contribution is -2.20. The fraction of sp³-hybridized carbons (Fsp3) is 0.0455. The van der Waals surface area contributed by atoms with Gasteiger partial charge in [-0.1, -0.05) is 30.3 Å². The molecule has 4 rings (SSSR count). The van der Waals surface area contributed by atoms with E-state index in [1.54, 1.807) is 19.2 Å². The van der Waals surface area contributed by atoms with Crippen LogP contribution in [0.5, 0.6) is 11.5 Å². The Morgan fingerprint density at radius 2 is 1.56 bits per heavy atom. The van der Waals surface area contributed by atoms with Crippen molar-refractivity contribution >= 4 is 17.1 Å². The number of hydrogen-bond donors (Lipinski definition) is 0. The summed E-state index contributed by atoms with van der Waals surface area (Å²) >= 11 is 0. The maximum absolute atomic E-state index is 12.6. The molecule has 5 heteroatoms. The Morgan fingerprint density at radius 3 is 2.33 bits per heavy atom. The molecule has 0 unspecified atom stereocenters. The molecule has 0 spiro atoms. The summed E-state index contributed by atoms with van der Waals surface area (Å²) in [6.45, 7) is 1.77. The van der Waals surface area contributed by atoms with Crippen molar-refractivity contribution in [1.29, 1.82) is 0 Å². The predicted octanol–water partition coefficient (Wildman–Crippen LogP) is 4.38. The van der Waals surface area contributed by atoms with Crippen LogP contribution in [0.4, 0.5) is 0 Å². The van der Waals surface area contributed by atoms with Crippen LogP contribution in [0, 0.1) is 6.92 Å². The molecule has 3 aromatic carbocycles. The molecule has 1 heterocycles. The van der Waals surface area contributed by atoms with Gasteiger partial charge in [0.05, 0.1) is 17.1 Å². The molecule has 0 aliphatic carbocycles. The first-order chi connectivity index (χ1) is 13.2. The van der Waals surface area contributed by atoms with Crippen LogP contribution in [-0.2, 0) is 0 Å². The molecular formula is C22H17N3O2. The lowest BCUT2D eigenvalue weighted by Gasteiger charge is -2.06. The topological polar surface area (TPSA) is 56.5 Å². The second-order valence-corrected chi connectivity index (χ2v) is 6.02. The first-order valence-corrected chi connectivity index (χ1v) is 8.56. The summed E-state index contributed by atoms with van der Waals surface area (Å²) in [6.07, 6.45) is 1.64. The highest BCUT2D eigenvalue weighted by molar-refractivity contribution is 5.80. The van der Waals surface area contributed by atoms with Crippen LogP contribution in [0.25, 0.3) is 10.9 Å². The Kier molecular flexibility index (Phi) is 4.49. The van der Waals surface area contributed by atoms with Crippen molar-refractivity contribution in [3.63, 3.8) is 0 Å². The van der Waals surface area contributed by atoms with Crippen molar-refractivity contribution in [2.45, 2.75) is 6.92 Å². The Morgan fingerprint density at radius 1 is 0.889 bits per heavy atom. The van der Waals surface area contributed by atoms with E-state index in [4.69, 9.17) is 4.74 Å². The van der Waals surface area contributed by atoms with Gasteiger partial charge in [-0.05, 0) is 61.0 Å². The van der Waals surface area contributed by atoms with Crippen molar-refractivity contribution in [2.75, 3.05) is 0 Å². The van der Waals surface area contributed by atoms with E-state index in [2.05, 4.69) is 10.1 Å². The van der Waals surface area contributed by atoms with Gasteiger partial charge >= 0.3 is 0 Å². The van der Waals surface area contributed by atoms with E-state index in [0.717, 1.165) is 17.1 Å². The SMILES string of the molecule is Cc1nc2ccccc2c(=O)n1/N=C\c1ccc(Oc2ccccc2)cc1. The van der Waals surface area contributed by atoms with E-state index in [1.165, 1.54) is 4.68 Å². The van der Waals surface area contributed by atoms with Crippen molar-refractivity contribution in [2.24, 2.45) is 5.10 Å². The smallest absolute Gasteiger partial charge is 0.282 e. The molecule has 0 radical (unpaired) electrons. The molecule has 0 saturated heterocycles. The number of ether oxygens (including phenoxy) is 1. The molecule has 0 N–H and O–H groups in total. The quantitative estimate of drug-likeness (QED) is 0.511. The molecule has 4 aromatic rings. The predicted molar refractivity (Wildman–Crippen MR) is 107 cm³/mol. The van der Waals surface area contributed by atoms with Crippen LogP contribution in [0.3, 0.4) is 0 Å². The van der Waals surface area contributed by atoms with E-state index in [0.29, 0.717) is 16.7 Å². The van der Waals surface area contributed by atoms with Crippen molar-refractivity contribution in [3.05, 3.63) is 101 Å². The number of rotatable bonds is 4. The van der Waals surface area contributed by atoms with E-state index in [1.807, 2.05) is 72.8 Å². The van der Waals surface area contributed by atoms with Crippen molar-refractivity contribution in [3.8, 4) is 11.5 Å². The summed E-state index contributed by atoms with van der Waals surface area (Å²) in [5.74, 6) is 2.06. The maximum atomic E-state index is 12.6. The molecule has 0 amide bonds. The number of hydrogen-bond acceptors (Lipinski definition) is 4. The highest BCUT2D eigenvalue weighted by Crippen LogP contribution is 2.20. The average Bonchev–Trinajstić information content (AvgIpc) is 2.70. The van der Waals surface area contributed by atoms with Crippen molar-refractivity contribution in [1.82, 2.24) is 9.66 Å². The Balaban J connectivity index is 1.58. The van der Waals surface area contributed by atoms with Gasteiger partial charge in [-0.15, -0.1) is 0 Å². The number of aryl methyl sites for hydroxylation is 1. The van der Waals surface area contributed by atoms with Crippen molar-refractivity contribution < 1.29 is 4.74 Å². The summed E-state index contributed by atoms with van der Waals surface area (Å²) in [4.78, 5) is 17.1. The highest BCUT2D eigenvalue weighted by Gasteiger charge is 2.06. The van der Waals surface area contributed by atoms with Crippen LogP contribution in [0.2, 0.25) is 0 Å². The third kappa shape index (κ3) is 3.62. The van der Waals surface area contributed by atoms with Gasteiger partial charge in [-0.2, -0.15) is 9.78 Å². The fourth-order valence-electron chi connectivity index (χ4n) is 2.74. The minimum absolute atomic E-state index is 0.182. The van der Waals surface area contributed by atoms with E-state index in [9.17, 15) is 4.79 Å². The van der Waals surface area contributed by atoms with Crippen LogP contribution >= 0.6 is 0 Å². The molecular weight excluding hydrogens is 338 g/mol. The van der Waals surface area contributed by atoms with E-state index >= 15 is 0 Å². The van der Waals surface area contributed by atoms with Crippen LogP contribution < -0.4 is 10.3 Å². The third-order valence-electron chi connectivity index (χ3n) is 4.10. The average molecular weight is 355 g/mol. The van der Waals surface area contributed by atoms with Gasteiger partial charge in [-0.25, -0.2) is 4.98 Å². The summed E-state index contributed by atoms with van der Waals surface area (Å²) in [5.41, 5.74) is 1.35. The monoisotopic (exact) mass is 355 g/mol. The molecule has 0 bridgehead atoms. The first kappa shape index (κ1) is 16.7. The summed E-state index contributed by atoms with van der Waals surface area (Å²) in [7, 11) is 0. The van der Waals surface area contributed by atoms with Gasteiger partial charge in [0.1, 0.15) is 17.3 Å². The van der Waals surface area contributed by atoms with Gasteiger partial charge in [-0.3, -0.25) is 4.79 Å². The van der Waals surface area contributed by atoms with E-state index < -0.39 is 0 Å². The minimum Gasteiger partial charge on any atom is -0.457 e. The number of nitrogens with zero attached hydrogens (tertiary/aromatic N) is 3. The standard InChI is InChI=1S/C22H17N3O2/c1-16-24-21-10-6-5-9-20(21)22(26)25(16)23-15-17-11-13-19(14-12-17)27-18-7-3-2-4-8-18/h2-15H,1H3/b23-15-. The first-order valence-electron chi connectivity index (χ1n) is 8.56. The molecule has 0 fully saturated rings. The van der Waals surface area contributed by atoms with Gasteiger partial charge in [0, 0.05) is 0 Å². The summed E-state index contributed by atoms with van der Waals surface area (Å²) < 4.78 is 7.09. The number of benzene rings is 3. The molecule has 27 heavy (non-hydrogen) atoms. The second kappa shape index (κ2) is 7.25. The Labute approximate surface area is 156 Å². The summed E-state index contributed by atoms with van der Waals surface area (Å²) in [6, 6.07) is 24.4. The fourth-order valence-corrected chi connectivity index (χ4v) is 2.74. The Bertz CT molecular complexity index is 1160. The van der Waals surface area contributed by atoms with Gasteiger partial charge in [0.2, 0.25) is 0 Å². The highest BCUT2D eigenvalue weighted by atomic mass is 16.5. The number of fused-ring (bicyclic) bond motifs is 1. The molecule has 0 saturated carbocycles. The molecule has 0 atom stereocenters. The van der Waals surface area contributed by atoms with Gasteiger partial charge in [0.25, 0.3) is 5.56 Å². The normalized spacial score (nSPS) is 11.1. The van der Waals surface area contributed by atoms with Crippen LogP contribution in [-0.4, -0.2) is 15.9 Å². The lowest BCUT2D eigenvalue weighted by atomic mass is 10.2. The number of para-hydroxylation sites is 2. The zero-order valence-electron chi connectivity index (χ0n) is 14.7. The summed E-state index contributed by atoms with van der Waals surface area (Å²) in [5, 5.41) is 4.86. The van der Waals surface area contributed by atoms with Crippen LogP contribution in [0.1, 0.15) is 11.4 Å². The minimum atomic E-state index is -0.182. The van der Waals surface area contributed by atoms with E-state index in [-0.39, 0.29) is 5.56 Å². The Hall–Kier alpha value is -3.73. The van der Waals surface area contributed by atoms with Crippen LogP contribution in [0.15, 0.2) is 88.8 Å². The maximum Gasteiger partial charge on any atom is 0.282 e. The number of aromatic nitrogens is 2. The zero-order chi connectivity index (χ0) is 18.6. The molecule has 1 aromatic heterocycles. The largest absolute Gasteiger partial charge is 0.457 e. The molecule has 0 aliphatic rings. The third-order valence-corrected chi connectivity index (χ3v) is 4.10. The van der Waals surface area contributed by atoms with Gasteiger partial charge < -0.3 is 4.74 Å². The molecule has 5 nitrogen and oxygen atoms in total. The lowest BCUT2D eigenvalue weighted by molar-refractivity contribution is 0.482. The van der Waals surface area contributed by atoms with Gasteiger partial charge in [0.15, 0.2) is 0 Å². The second-order valence-electron chi connectivity index (χ2n) is 6.02. The molecule has 132 valence electrons. The zero-order valence-corrected chi connectivity index (χ0v) is 14.7. The molecule has 0 aliphatic heterocycles.